The minimum Gasteiger partial charge on any atom is -0.382 e. The number of hydrogen-bond donors (Lipinski definition) is 1. The van der Waals surface area contributed by atoms with Crippen LogP contribution in [0.2, 0.25) is 0 Å². The van der Waals surface area contributed by atoms with Gasteiger partial charge in [-0.2, -0.15) is 0 Å². The Labute approximate surface area is 51.2 Å². The summed E-state index contributed by atoms with van der Waals surface area (Å²) in [5, 5.41) is 8.26. The molecule has 0 saturated carbocycles. The van der Waals surface area contributed by atoms with Crippen molar-refractivity contribution < 1.29 is 9.50 Å². The van der Waals surface area contributed by atoms with Crippen molar-refractivity contribution in [1.29, 1.82) is 0 Å². The first-order valence-corrected chi connectivity index (χ1v) is 2.28. The van der Waals surface area contributed by atoms with E-state index in [-0.39, 0.29) is 5.82 Å². The first kappa shape index (κ1) is 6.10. The average Bonchev–Trinajstić information content (AvgIpc) is 1.90. The third-order valence-corrected chi connectivity index (χ3v) is 0.756. The molecule has 0 aliphatic heterocycles. The zero-order valence-corrected chi connectivity index (χ0v) is 4.45. The first-order valence-electron chi connectivity index (χ1n) is 2.28. The maximum Gasteiger partial charge on any atom is 0.160 e. The highest BCUT2D eigenvalue weighted by atomic mass is 19.1. The number of halogens is 1. The van der Waals surface area contributed by atoms with Crippen LogP contribution < -0.4 is 0 Å². The molecule has 4 heteroatoms. The molecule has 1 aromatic rings. The molecular weight excluding hydrogens is 123 g/mol. The van der Waals surface area contributed by atoms with E-state index in [2.05, 4.69) is 9.97 Å². The zero-order valence-electron chi connectivity index (χ0n) is 4.45. The van der Waals surface area contributed by atoms with Crippen molar-refractivity contribution in [3.63, 3.8) is 0 Å². The van der Waals surface area contributed by atoms with Gasteiger partial charge in [0.1, 0.15) is 6.61 Å². The molecule has 1 N–H and O–H groups in total. The van der Waals surface area contributed by atoms with E-state index in [0.29, 0.717) is 6.61 Å². The molecule has 0 spiro atoms. The third kappa shape index (κ3) is 1.43. The Morgan fingerprint density at radius 3 is 2.44 bits per heavy atom. The van der Waals surface area contributed by atoms with E-state index in [9.17, 15) is 4.39 Å². The van der Waals surface area contributed by atoms with Gasteiger partial charge < -0.3 is 5.11 Å². The van der Waals surface area contributed by atoms with Gasteiger partial charge in [-0.25, -0.2) is 14.4 Å². The maximum atomic E-state index is 12.0. The fraction of sp³-hybridized carbons (Fsp3) is 0. The smallest absolute Gasteiger partial charge is 0.160 e. The van der Waals surface area contributed by atoms with Gasteiger partial charge in [0, 0.05) is 0 Å². The van der Waals surface area contributed by atoms with E-state index in [1.54, 1.807) is 0 Å². The lowest BCUT2D eigenvalue weighted by molar-refractivity contribution is 0.404. The molecule has 1 radical (unpaired) electrons. The average molecular weight is 127 g/mol. The summed E-state index contributed by atoms with van der Waals surface area (Å²) >= 11 is 0. The molecule has 47 valence electrons. The normalized spacial score (nSPS) is 9.56. The van der Waals surface area contributed by atoms with Crippen molar-refractivity contribution in [2.24, 2.45) is 0 Å². The summed E-state index contributed by atoms with van der Waals surface area (Å²) in [5.74, 6) is -0.406. The molecule has 0 saturated heterocycles. The fourth-order valence-corrected chi connectivity index (χ4v) is 0.389. The topological polar surface area (TPSA) is 46.0 Å². The van der Waals surface area contributed by atoms with E-state index < -0.39 is 5.82 Å². The molecule has 0 atom stereocenters. The fourth-order valence-electron chi connectivity index (χ4n) is 0.389. The number of aromatic nitrogens is 2. The van der Waals surface area contributed by atoms with Crippen LogP contribution in [-0.2, 0) is 0 Å². The summed E-state index contributed by atoms with van der Waals surface area (Å²) in [6.45, 7) is 0.708. The summed E-state index contributed by atoms with van der Waals surface area (Å²) in [5.41, 5.74) is 0. The molecule has 0 aliphatic rings. The highest BCUT2D eigenvalue weighted by Crippen LogP contribution is 1.92. The standard InChI is InChI=1S/C5H4FN2O/c6-4-1-7-5(3-9)8-2-4/h1-3,9H. The molecule has 3 nitrogen and oxygen atoms in total. The number of aliphatic hydroxyl groups excluding tert-OH is 1. The van der Waals surface area contributed by atoms with Gasteiger partial charge in [-0.05, 0) is 0 Å². The van der Waals surface area contributed by atoms with Crippen LogP contribution in [0.3, 0.4) is 0 Å². The molecule has 0 fully saturated rings. The van der Waals surface area contributed by atoms with Crippen LogP contribution in [0.5, 0.6) is 0 Å². The van der Waals surface area contributed by atoms with E-state index >= 15 is 0 Å². The second-order valence-electron chi connectivity index (χ2n) is 1.39. The molecule has 0 aromatic carbocycles. The Hall–Kier alpha value is -1.03. The monoisotopic (exact) mass is 127 g/mol. The van der Waals surface area contributed by atoms with Crippen molar-refractivity contribution in [2.45, 2.75) is 0 Å². The highest BCUT2D eigenvalue weighted by Gasteiger charge is 1.92. The SMILES string of the molecule is O[CH]c1ncc(F)cn1. The lowest BCUT2D eigenvalue weighted by Crippen LogP contribution is -1.91. The van der Waals surface area contributed by atoms with Crippen molar-refractivity contribution >= 4 is 0 Å². The predicted octanol–water partition coefficient (Wildman–Crippen LogP) is 0.498. The van der Waals surface area contributed by atoms with Crippen molar-refractivity contribution in [2.75, 3.05) is 0 Å². The first-order chi connectivity index (χ1) is 4.33. The van der Waals surface area contributed by atoms with Crippen LogP contribution in [0, 0.1) is 12.4 Å². The Morgan fingerprint density at radius 2 is 2.00 bits per heavy atom. The molecule has 1 aromatic heterocycles. The van der Waals surface area contributed by atoms with Gasteiger partial charge in [0.25, 0.3) is 0 Å². The van der Waals surface area contributed by atoms with E-state index in [0.717, 1.165) is 12.4 Å². The molecule has 1 heterocycles. The van der Waals surface area contributed by atoms with Crippen LogP contribution in [0.15, 0.2) is 12.4 Å². The van der Waals surface area contributed by atoms with Gasteiger partial charge in [-0.3, -0.25) is 0 Å². The van der Waals surface area contributed by atoms with Gasteiger partial charge in [0.05, 0.1) is 12.4 Å². The van der Waals surface area contributed by atoms with Gasteiger partial charge in [0.2, 0.25) is 0 Å². The van der Waals surface area contributed by atoms with Crippen LogP contribution in [0.1, 0.15) is 5.82 Å². The van der Waals surface area contributed by atoms with Crippen molar-refractivity contribution in [3.05, 3.63) is 30.6 Å². The zero-order chi connectivity index (χ0) is 6.69. The summed E-state index contributed by atoms with van der Waals surface area (Å²) in [7, 11) is 0. The molecule has 9 heavy (non-hydrogen) atoms. The van der Waals surface area contributed by atoms with Crippen molar-refractivity contribution in [1.82, 2.24) is 9.97 Å². The highest BCUT2D eigenvalue weighted by molar-refractivity contribution is 4.96. The Kier molecular flexibility index (Phi) is 1.69. The number of rotatable bonds is 1. The summed E-state index contributed by atoms with van der Waals surface area (Å²) in [4.78, 5) is 6.81. The lowest BCUT2D eigenvalue weighted by atomic mass is 10.6. The molecule has 0 aliphatic carbocycles. The lowest BCUT2D eigenvalue weighted by Gasteiger charge is -1.89. The Balaban J connectivity index is 2.88. The second kappa shape index (κ2) is 2.50. The second-order valence-corrected chi connectivity index (χ2v) is 1.39. The quantitative estimate of drug-likeness (QED) is 0.597. The number of aliphatic hydroxyl groups is 1. The van der Waals surface area contributed by atoms with Crippen LogP contribution in [-0.4, -0.2) is 15.1 Å². The van der Waals surface area contributed by atoms with Crippen LogP contribution in [0.25, 0.3) is 0 Å². The molecule has 0 amide bonds. The minimum atomic E-state index is -0.513. The molecule has 1 rings (SSSR count). The van der Waals surface area contributed by atoms with Crippen LogP contribution >= 0.6 is 0 Å². The van der Waals surface area contributed by atoms with Gasteiger partial charge in [0.15, 0.2) is 11.6 Å². The number of hydrogen-bond acceptors (Lipinski definition) is 3. The van der Waals surface area contributed by atoms with Crippen molar-refractivity contribution in [3.8, 4) is 0 Å². The van der Waals surface area contributed by atoms with Crippen LogP contribution in [0.4, 0.5) is 4.39 Å². The number of nitrogens with zero attached hydrogens (tertiary/aromatic N) is 2. The Morgan fingerprint density at radius 1 is 1.44 bits per heavy atom. The molecule has 0 bridgehead atoms. The predicted molar refractivity (Wildman–Crippen MR) is 27.3 cm³/mol. The summed E-state index contributed by atoms with van der Waals surface area (Å²) < 4.78 is 12.0. The van der Waals surface area contributed by atoms with Gasteiger partial charge in [-0.1, -0.05) is 0 Å². The minimum absolute atomic E-state index is 0.108. The summed E-state index contributed by atoms with van der Waals surface area (Å²) in [6, 6.07) is 0. The maximum absolute atomic E-state index is 12.0. The van der Waals surface area contributed by atoms with E-state index in [1.807, 2.05) is 0 Å². The summed E-state index contributed by atoms with van der Waals surface area (Å²) in [6.07, 6.45) is 1.96. The largest absolute Gasteiger partial charge is 0.382 e. The molecule has 0 unspecified atom stereocenters. The molecular formula is C5H4FN2O. The third-order valence-electron chi connectivity index (χ3n) is 0.756. The Bertz CT molecular complexity index is 187. The van der Waals surface area contributed by atoms with Gasteiger partial charge in [-0.15, -0.1) is 0 Å². The van der Waals surface area contributed by atoms with E-state index in [1.165, 1.54) is 0 Å². The van der Waals surface area contributed by atoms with Gasteiger partial charge >= 0.3 is 0 Å². The van der Waals surface area contributed by atoms with E-state index in [4.69, 9.17) is 5.11 Å².